The van der Waals surface area contributed by atoms with Crippen LogP contribution in [0.3, 0.4) is 0 Å². The molecule has 0 saturated carbocycles. The molecule has 2 amide bonds. The molecule has 1 fully saturated rings. The molecule has 1 aliphatic heterocycles. The SMILES string of the molecule is CCSCc1ccc(C(=O)N2CCN(C(=O)c3cnsn3)[C@H](C)C2)cc1. The maximum atomic E-state index is 12.8. The highest BCUT2D eigenvalue weighted by Gasteiger charge is 2.31. The Morgan fingerprint density at radius 3 is 2.62 bits per heavy atom. The predicted molar refractivity (Wildman–Crippen MR) is 105 cm³/mol. The number of amides is 2. The quantitative estimate of drug-likeness (QED) is 0.785. The number of piperazine rings is 1. The maximum absolute atomic E-state index is 12.8. The van der Waals surface area contributed by atoms with Crippen molar-refractivity contribution >= 4 is 35.3 Å². The molecule has 1 saturated heterocycles. The second-order valence-corrected chi connectivity index (χ2v) is 8.06. The van der Waals surface area contributed by atoms with Crippen LogP contribution in [0, 0.1) is 0 Å². The van der Waals surface area contributed by atoms with E-state index in [2.05, 4.69) is 15.7 Å². The summed E-state index contributed by atoms with van der Waals surface area (Å²) in [6, 6.07) is 7.79. The van der Waals surface area contributed by atoms with E-state index in [0.717, 1.165) is 23.2 Å². The standard InChI is InChI=1S/C18H22N4O2S2/c1-3-25-12-14-4-6-15(7-5-14)17(23)21-8-9-22(13(2)11-21)18(24)16-10-19-26-20-16/h4-7,10,13H,3,8-9,11-12H2,1-2H3/t13-/m1/s1. The smallest absolute Gasteiger partial charge is 0.275 e. The lowest BCUT2D eigenvalue weighted by Crippen LogP contribution is -2.55. The van der Waals surface area contributed by atoms with Crippen LogP contribution in [-0.2, 0) is 5.75 Å². The van der Waals surface area contributed by atoms with Crippen LogP contribution in [0.4, 0.5) is 0 Å². The van der Waals surface area contributed by atoms with Gasteiger partial charge < -0.3 is 9.80 Å². The Kier molecular flexibility index (Phi) is 6.26. The van der Waals surface area contributed by atoms with Gasteiger partial charge in [-0.05, 0) is 30.4 Å². The normalized spacial score (nSPS) is 17.4. The molecule has 0 radical (unpaired) electrons. The Labute approximate surface area is 161 Å². The first kappa shape index (κ1) is 18.8. The number of rotatable bonds is 5. The highest BCUT2D eigenvalue weighted by atomic mass is 32.2. The molecule has 0 N–H and O–H groups in total. The Bertz CT molecular complexity index is 749. The fourth-order valence-electron chi connectivity index (χ4n) is 3.00. The van der Waals surface area contributed by atoms with Crippen molar-refractivity contribution in [3.05, 3.63) is 47.3 Å². The third kappa shape index (κ3) is 4.24. The number of hydrogen-bond acceptors (Lipinski definition) is 6. The monoisotopic (exact) mass is 390 g/mol. The van der Waals surface area contributed by atoms with Gasteiger partial charge in [0.1, 0.15) is 0 Å². The molecule has 0 unspecified atom stereocenters. The topological polar surface area (TPSA) is 66.4 Å². The first-order valence-electron chi connectivity index (χ1n) is 8.64. The molecule has 26 heavy (non-hydrogen) atoms. The maximum Gasteiger partial charge on any atom is 0.275 e. The van der Waals surface area contributed by atoms with Crippen molar-refractivity contribution in [2.24, 2.45) is 0 Å². The van der Waals surface area contributed by atoms with E-state index in [1.807, 2.05) is 47.9 Å². The number of nitrogens with zero attached hydrogens (tertiary/aromatic N) is 4. The molecule has 1 aromatic carbocycles. The van der Waals surface area contributed by atoms with Crippen molar-refractivity contribution in [2.45, 2.75) is 25.6 Å². The average molecular weight is 391 g/mol. The van der Waals surface area contributed by atoms with Gasteiger partial charge in [-0.1, -0.05) is 19.1 Å². The van der Waals surface area contributed by atoms with Gasteiger partial charge in [0.15, 0.2) is 5.69 Å². The van der Waals surface area contributed by atoms with Gasteiger partial charge in [0.25, 0.3) is 11.8 Å². The van der Waals surface area contributed by atoms with Crippen molar-refractivity contribution < 1.29 is 9.59 Å². The molecule has 0 bridgehead atoms. The minimum Gasteiger partial charge on any atom is -0.335 e. The fraction of sp³-hybridized carbons (Fsp3) is 0.444. The van der Waals surface area contributed by atoms with E-state index in [1.54, 1.807) is 4.90 Å². The van der Waals surface area contributed by atoms with Crippen LogP contribution in [0.25, 0.3) is 0 Å². The third-order valence-electron chi connectivity index (χ3n) is 4.43. The molecule has 1 aromatic heterocycles. The van der Waals surface area contributed by atoms with Crippen LogP contribution in [0.15, 0.2) is 30.5 Å². The summed E-state index contributed by atoms with van der Waals surface area (Å²) in [4.78, 5) is 28.8. The fourth-order valence-corrected chi connectivity index (χ4v) is 4.04. The van der Waals surface area contributed by atoms with E-state index in [4.69, 9.17) is 0 Å². The highest BCUT2D eigenvalue weighted by molar-refractivity contribution is 7.98. The van der Waals surface area contributed by atoms with Crippen LogP contribution in [0.2, 0.25) is 0 Å². The summed E-state index contributed by atoms with van der Waals surface area (Å²) in [6.07, 6.45) is 1.50. The van der Waals surface area contributed by atoms with Crippen LogP contribution in [0.1, 0.15) is 40.3 Å². The number of benzene rings is 1. The lowest BCUT2D eigenvalue weighted by molar-refractivity contribution is 0.0411. The largest absolute Gasteiger partial charge is 0.335 e. The third-order valence-corrected chi connectivity index (χ3v) is 5.85. The number of carbonyl (C=O) groups is 2. The Morgan fingerprint density at radius 2 is 2.00 bits per heavy atom. The highest BCUT2D eigenvalue weighted by Crippen LogP contribution is 2.17. The molecule has 2 heterocycles. The molecule has 1 aliphatic rings. The van der Waals surface area contributed by atoms with Gasteiger partial charge in [0.05, 0.1) is 17.9 Å². The summed E-state index contributed by atoms with van der Waals surface area (Å²) in [6.45, 7) is 5.66. The van der Waals surface area contributed by atoms with E-state index in [9.17, 15) is 9.59 Å². The van der Waals surface area contributed by atoms with Crippen molar-refractivity contribution in [1.29, 1.82) is 0 Å². The zero-order valence-electron chi connectivity index (χ0n) is 14.9. The summed E-state index contributed by atoms with van der Waals surface area (Å²) in [7, 11) is 0. The predicted octanol–water partition coefficient (Wildman–Crippen LogP) is 2.78. The van der Waals surface area contributed by atoms with E-state index in [-0.39, 0.29) is 17.9 Å². The van der Waals surface area contributed by atoms with Gasteiger partial charge in [-0.2, -0.15) is 20.5 Å². The molecular formula is C18H22N4O2S2. The van der Waals surface area contributed by atoms with Crippen LogP contribution in [-0.4, -0.2) is 61.8 Å². The first-order chi connectivity index (χ1) is 12.6. The van der Waals surface area contributed by atoms with Gasteiger partial charge in [-0.25, -0.2) is 0 Å². The molecule has 1 atom stereocenters. The van der Waals surface area contributed by atoms with Crippen LogP contribution >= 0.6 is 23.5 Å². The van der Waals surface area contributed by atoms with Gasteiger partial charge >= 0.3 is 0 Å². The zero-order valence-corrected chi connectivity index (χ0v) is 16.6. The lowest BCUT2D eigenvalue weighted by atomic mass is 10.1. The van der Waals surface area contributed by atoms with Crippen molar-refractivity contribution in [2.75, 3.05) is 25.4 Å². The van der Waals surface area contributed by atoms with Gasteiger partial charge in [0, 0.05) is 37.0 Å². The number of hydrogen-bond donors (Lipinski definition) is 0. The molecular weight excluding hydrogens is 368 g/mol. The van der Waals surface area contributed by atoms with E-state index in [0.29, 0.717) is 30.9 Å². The molecule has 138 valence electrons. The summed E-state index contributed by atoms with van der Waals surface area (Å²) in [5.74, 6) is 1.96. The first-order valence-corrected chi connectivity index (χ1v) is 10.5. The zero-order chi connectivity index (χ0) is 18.5. The minimum atomic E-state index is -0.115. The Hall–Kier alpha value is -1.93. The lowest BCUT2D eigenvalue weighted by Gasteiger charge is -2.39. The van der Waals surface area contributed by atoms with Crippen molar-refractivity contribution in [3.8, 4) is 0 Å². The van der Waals surface area contributed by atoms with E-state index < -0.39 is 0 Å². The van der Waals surface area contributed by atoms with Gasteiger partial charge in [0.2, 0.25) is 0 Å². The second kappa shape index (κ2) is 8.64. The van der Waals surface area contributed by atoms with E-state index in [1.165, 1.54) is 11.8 Å². The van der Waals surface area contributed by atoms with Gasteiger partial charge in [-0.3, -0.25) is 9.59 Å². The Morgan fingerprint density at radius 1 is 1.23 bits per heavy atom. The molecule has 0 aliphatic carbocycles. The summed E-state index contributed by atoms with van der Waals surface area (Å²) < 4.78 is 7.90. The van der Waals surface area contributed by atoms with Crippen molar-refractivity contribution in [1.82, 2.24) is 18.5 Å². The average Bonchev–Trinajstić information content (AvgIpc) is 3.20. The molecule has 0 spiro atoms. The number of aromatic nitrogens is 2. The molecule has 2 aromatic rings. The number of carbonyl (C=O) groups excluding carboxylic acids is 2. The van der Waals surface area contributed by atoms with Gasteiger partial charge in [-0.15, -0.1) is 0 Å². The molecule has 8 heteroatoms. The van der Waals surface area contributed by atoms with Crippen LogP contribution < -0.4 is 0 Å². The molecule has 3 rings (SSSR count). The minimum absolute atomic E-state index is 0.0222. The van der Waals surface area contributed by atoms with E-state index >= 15 is 0 Å². The van der Waals surface area contributed by atoms with Crippen LogP contribution in [0.5, 0.6) is 0 Å². The second-order valence-electron chi connectivity index (χ2n) is 6.23. The number of thioether (sulfide) groups is 1. The summed E-state index contributed by atoms with van der Waals surface area (Å²) in [5, 5.41) is 0. The summed E-state index contributed by atoms with van der Waals surface area (Å²) >= 11 is 2.89. The van der Waals surface area contributed by atoms with Crippen molar-refractivity contribution in [3.63, 3.8) is 0 Å². The Balaban J connectivity index is 1.61. The summed E-state index contributed by atoms with van der Waals surface area (Å²) in [5.41, 5.74) is 2.31. The molecule has 6 nitrogen and oxygen atoms in total.